The summed E-state index contributed by atoms with van der Waals surface area (Å²) >= 11 is 3.44. The van der Waals surface area contributed by atoms with Gasteiger partial charge in [-0.05, 0) is 34.7 Å². The van der Waals surface area contributed by atoms with Crippen LogP contribution in [0.5, 0.6) is 0 Å². The molecule has 0 unspecified atom stereocenters. The molecular formula is C10H18BrN3. The summed E-state index contributed by atoms with van der Waals surface area (Å²) < 4.78 is 2.93. The minimum absolute atomic E-state index is 0.644. The summed E-state index contributed by atoms with van der Waals surface area (Å²) in [6.45, 7) is 7.60. The molecule has 4 heteroatoms. The molecule has 1 rings (SSSR count). The second kappa shape index (κ2) is 5.49. The fourth-order valence-electron chi connectivity index (χ4n) is 1.38. The van der Waals surface area contributed by atoms with E-state index in [1.165, 1.54) is 18.5 Å². The minimum Gasteiger partial charge on any atom is -0.248 e. The summed E-state index contributed by atoms with van der Waals surface area (Å²) in [5, 5.41) is 8.18. The molecule has 1 heterocycles. The fraction of sp³-hybridized carbons (Fsp3) is 0.800. The summed E-state index contributed by atoms with van der Waals surface area (Å²) in [4.78, 5) is 0. The number of aromatic nitrogens is 3. The molecule has 0 spiro atoms. The normalized spacial score (nSPS) is 11.2. The first kappa shape index (κ1) is 11.7. The summed E-state index contributed by atoms with van der Waals surface area (Å²) in [6.07, 6.45) is 3.40. The highest BCUT2D eigenvalue weighted by atomic mass is 79.9. The van der Waals surface area contributed by atoms with Crippen LogP contribution in [0.15, 0.2) is 4.60 Å². The molecule has 3 nitrogen and oxygen atoms in total. The zero-order chi connectivity index (χ0) is 10.6. The van der Waals surface area contributed by atoms with Crippen molar-refractivity contribution in [3.63, 3.8) is 0 Å². The van der Waals surface area contributed by atoms with Crippen molar-refractivity contribution in [2.75, 3.05) is 0 Å². The Balaban J connectivity index is 2.72. The first-order chi connectivity index (χ1) is 6.65. The molecule has 0 N–H and O–H groups in total. The molecule has 0 saturated heterocycles. The summed E-state index contributed by atoms with van der Waals surface area (Å²) in [7, 11) is 0. The molecule has 0 fully saturated rings. The zero-order valence-electron chi connectivity index (χ0n) is 9.13. The molecule has 0 bridgehead atoms. The van der Waals surface area contributed by atoms with Crippen LogP contribution >= 0.6 is 15.9 Å². The quantitative estimate of drug-likeness (QED) is 0.814. The molecule has 1 aromatic heterocycles. The van der Waals surface area contributed by atoms with E-state index < -0.39 is 0 Å². The van der Waals surface area contributed by atoms with Crippen LogP contribution in [-0.2, 0) is 13.0 Å². The molecule has 14 heavy (non-hydrogen) atoms. The maximum absolute atomic E-state index is 4.13. The van der Waals surface area contributed by atoms with E-state index in [1.807, 2.05) is 4.68 Å². The van der Waals surface area contributed by atoms with Gasteiger partial charge in [0.2, 0.25) is 0 Å². The van der Waals surface area contributed by atoms with Crippen molar-refractivity contribution < 1.29 is 0 Å². The third-order valence-corrected chi connectivity index (χ3v) is 2.73. The summed E-state index contributed by atoms with van der Waals surface area (Å²) in [5.74, 6) is 0.644. The topological polar surface area (TPSA) is 30.7 Å². The number of unbranched alkanes of at least 4 members (excludes halogenated alkanes) is 1. The number of hydrogen-bond donors (Lipinski definition) is 0. The van der Waals surface area contributed by atoms with Crippen molar-refractivity contribution in [3.8, 4) is 0 Å². The molecule has 0 aliphatic carbocycles. The Hall–Kier alpha value is -0.380. The van der Waals surface area contributed by atoms with Gasteiger partial charge in [-0.1, -0.05) is 32.4 Å². The van der Waals surface area contributed by atoms with Gasteiger partial charge in [0.05, 0.1) is 5.69 Å². The van der Waals surface area contributed by atoms with Crippen molar-refractivity contribution in [2.24, 2.45) is 5.92 Å². The van der Waals surface area contributed by atoms with Crippen molar-refractivity contribution >= 4 is 15.9 Å². The van der Waals surface area contributed by atoms with E-state index in [2.05, 4.69) is 47.0 Å². The highest BCUT2D eigenvalue weighted by Crippen LogP contribution is 2.17. The van der Waals surface area contributed by atoms with Gasteiger partial charge in [-0.2, -0.15) is 0 Å². The van der Waals surface area contributed by atoms with E-state index in [0.717, 1.165) is 17.6 Å². The molecule has 1 aromatic rings. The van der Waals surface area contributed by atoms with Crippen LogP contribution in [0.3, 0.4) is 0 Å². The van der Waals surface area contributed by atoms with Gasteiger partial charge >= 0.3 is 0 Å². The zero-order valence-corrected chi connectivity index (χ0v) is 10.7. The molecular weight excluding hydrogens is 242 g/mol. The molecule has 0 radical (unpaired) electrons. The second-order valence-corrected chi connectivity index (χ2v) is 4.75. The number of nitrogens with zero attached hydrogens (tertiary/aromatic N) is 3. The lowest BCUT2D eigenvalue weighted by Gasteiger charge is -2.07. The Morgan fingerprint density at radius 1 is 1.43 bits per heavy atom. The first-order valence-corrected chi connectivity index (χ1v) is 6.02. The Kier molecular flexibility index (Phi) is 4.58. The smallest absolute Gasteiger partial charge is 0.151 e. The number of aryl methyl sites for hydroxylation is 1. The fourth-order valence-corrected chi connectivity index (χ4v) is 1.81. The lowest BCUT2D eigenvalue weighted by molar-refractivity contribution is 0.510. The van der Waals surface area contributed by atoms with E-state index in [4.69, 9.17) is 0 Å². The van der Waals surface area contributed by atoms with Gasteiger partial charge in [0.25, 0.3) is 0 Å². The van der Waals surface area contributed by atoms with Crippen LogP contribution in [-0.4, -0.2) is 15.0 Å². The average molecular weight is 260 g/mol. The van der Waals surface area contributed by atoms with Gasteiger partial charge < -0.3 is 0 Å². The average Bonchev–Trinajstić information content (AvgIpc) is 2.45. The van der Waals surface area contributed by atoms with E-state index in [1.54, 1.807) is 0 Å². The largest absolute Gasteiger partial charge is 0.248 e. The van der Waals surface area contributed by atoms with E-state index >= 15 is 0 Å². The van der Waals surface area contributed by atoms with Crippen molar-refractivity contribution in [2.45, 2.75) is 46.6 Å². The monoisotopic (exact) mass is 259 g/mol. The van der Waals surface area contributed by atoms with Crippen LogP contribution < -0.4 is 0 Å². The molecule has 0 aliphatic heterocycles. The van der Waals surface area contributed by atoms with Gasteiger partial charge in [0.15, 0.2) is 4.60 Å². The van der Waals surface area contributed by atoms with Crippen molar-refractivity contribution in [3.05, 3.63) is 10.3 Å². The van der Waals surface area contributed by atoms with Gasteiger partial charge in [0.1, 0.15) is 0 Å². The van der Waals surface area contributed by atoms with E-state index in [-0.39, 0.29) is 0 Å². The predicted octanol–water partition coefficient (Wildman–Crippen LogP) is 3.04. The third kappa shape index (κ3) is 3.08. The highest BCUT2D eigenvalue weighted by Gasteiger charge is 2.11. The predicted molar refractivity (Wildman–Crippen MR) is 61.2 cm³/mol. The second-order valence-electron chi connectivity index (χ2n) is 4.00. The van der Waals surface area contributed by atoms with Crippen LogP contribution in [0.1, 0.15) is 39.3 Å². The van der Waals surface area contributed by atoms with Gasteiger partial charge in [0, 0.05) is 6.54 Å². The Morgan fingerprint density at radius 2 is 2.14 bits per heavy atom. The molecule has 0 amide bonds. The Bertz CT molecular complexity index is 281. The first-order valence-electron chi connectivity index (χ1n) is 5.23. The Labute approximate surface area is 94.0 Å². The Morgan fingerprint density at radius 3 is 2.71 bits per heavy atom. The molecule has 80 valence electrons. The van der Waals surface area contributed by atoms with Gasteiger partial charge in [-0.3, -0.25) is 0 Å². The molecule has 0 saturated carbocycles. The highest BCUT2D eigenvalue weighted by molar-refractivity contribution is 9.10. The number of rotatable bonds is 5. The van der Waals surface area contributed by atoms with Gasteiger partial charge in [-0.15, -0.1) is 5.10 Å². The van der Waals surface area contributed by atoms with Crippen LogP contribution in [0.25, 0.3) is 0 Å². The van der Waals surface area contributed by atoms with Crippen LogP contribution in [0.2, 0.25) is 0 Å². The lowest BCUT2D eigenvalue weighted by Crippen LogP contribution is -2.08. The minimum atomic E-state index is 0.644. The van der Waals surface area contributed by atoms with Crippen LogP contribution in [0, 0.1) is 5.92 Å². The third-order valence-electron chi connectivity index (χ3n) is 2.12. The summed E-state index contributed by atoms with van der Waals surface area (Å²) in [6, 6.07) is 0. The van der Waals surface area contributed by atoms with E-state index in [0.29, 0.717) is 5.92 Å². The maximum Gasteiger partial charge on any atom is 0.151 e. The number of hydrogen-bond acceptors (Lipinski definition) is 2. The molecule has 0 aromatic carbocycles. The standard InChI is InChI=1S/C10H18BrN3/c1-4-5-6-14-9(7-8(2)3)10(11)12-13-14/h8H,4-7H2,1-3H3. The SMILES string of the molecule is CCCCn1nnc(Br)c1CC(C)C. The lowest BCUT2D eigenvalue weighted by atomic mass is 10.1. The van der Waals surface area contributed by atoms with Gasteiger partial charge in [-0.25, -0.2) is 4.68 Å². The molecule has 0 aliphatic rings. The van der Waals surface area contributed by atoms with Crippen molar-refractivity contribution in [1.29, 1.82) is 0 Å². The van der Waals surface area contributed by atoms with Crippen LogP contribution in [0.4, 0.5) is 0 Å². The molecule has 0 atom stereocenters. The van der Waals surface area contributed by atoms with E-state index in [9.17, 15) is 0 Å². The van der Waals surface area contributed by atoms with Crippen molar-refractivity contribution in [1.82, 2.24) is 15.0 Å². The number of halogens is 1. The summed E-state index contributed by atoms with van der Waals surface area (Å²) in [5.41, 5.74) is 1.23. The maximum atomic E-state index is 4.13.